The van der Waals surface area contributed by atoms with E-state index >= 15 is 0 Å². The molecular formula is C20H31NO4. The van der Waals surface area contributed by atoms with Crippen molar-refractivity contribution in [1.29, 1.82) is 0 Å². The van der Waals surface area contributed by atoms with E-state index in [0.717, 1.165) is 12.8 Å². The topological polar surface area (TPSA) is 75.6 Å². The molecule has 0 bridgehead atoms. The first-order chi connectivity index (χ1) is 11.9. The zero-order valence-electron chi connectivity index (χ0n) is 15.6. The van der Waals surface area contributed by atoms with Crippen LogP contribution < -0.4 is 5.32 Å². The first-order valence-corrected chi connectivity index (χ1v) is 9.02. The second-order valence-corrected chi connectivity index (χ2v) is 6.95. The number of benzene rings is 1. The fourth-order valence-corrected chi connectivity index (χ4v) is 2.27. The number of esters is 1. The standard InChI is InChI=1S/C20H31NO4/c1-4-20(2,3)18(23)19(24)21-14-9-15-25-17(22)13-8-12-16-10-6-5-7-11-16/h5-7,10-11,18,23H,4,8-9,12-15H2,1-3H3,(H,21,24)/t18-/m0/s1. The van der Waals surface area contributed by atoms with E-state index in [0.29, 0.717) is 25.8 Å². The molecule has 5 heteroatoms. The quantitative estimate of drug-likeness (QED) is 0.476. The van der Waals surface area contributed by atoms with Crippen LogP contribution in [0.1, 0.15) is 52.0 Å². The van der Waals surface area contributed by atoms with Crippen LogP contribution in [0.2, 0.25) is 0 Å². The van der Waals surface area contributed by atoms with Crippen molar-refractivity contribution in [2.24, 2.45) is 5.41 Å². The van der Waals surface area contributed by atoms with Gasteiger partial charge in [-0.25, -0.2) is 0 Å². The van der Waals surface area contributed by atoms with Crippen molar-refractivity contribution < 1.29 is 19.4 Å². The number of ether oxygens (including phenoxy) is 1. The minimum Gasteiger partial charge on any atom is -0.466 e. The number of rotatable bonds is 11. The molecule has 0 saturated heterocycles. The smallest absolute Gasteiger partial charge is 0.305 e. The first kappa shape index (κ1) is 21.2. The molecule has 1 aromatic rings. The van der Waals surface area contributed by atoms with Crippen molar-refractivity contribution in [3.05, 3.63) is 35.9 Å². The predicted molar refractivity (Wildman–Crippen MR) is 98.0 cm³/mol. The fraction of sp³-hybridized carbons (Fsp3) is 0.600. The van der Waals surface area contributed by atoms with E-state index in [1.165, 1.54) is 5.56 Å². The average Bonchev–Trinajstić information content (AvgIpc) is 2.61. The summed E-state index contributed by atoms with van der Waals surface area (Å²) in [4.78, 5) is 23.5. The number of amides is 1. The van der Waals surface area contributed by atoms with Gasteiger partial charge in [0.1, 0.15) is 6.10 Å². The van der Waals surface area contributed by atoms with Crippen molar-refractivity contribution in [1.82, 2.24) is 5.32 Å². The van der Waals surface area contributed by atoms with Crippen LogP contribution in [0.5, 0.6) is 0 Å². The van der Waals surface area contributed by atoms with Crippen molar-refractivity contribution in [2.75, 3.05) is 13.2 Å². The van der Waals surface area contributed by atoms with Crippen molar-refractivity contribution in [3.63, 3.8) is 0 Å². The Kier molecular flexibility index (Phi) is 9.21. The Hall–Kier alpha value is -1.88. The van der Waals surface area contributed by atoms with Gasteiger partial charge in [-0.2, -0.15) is 0 Å². The molecule has 0 aliphatic heterocycles. The van der Waals surface area contributed by atoms with E-state index in [9.17, 15) is 14.7 Å². The molecule has 1 atom stereocenters. The normalized spacial score (nSPS) is 12.5. The van der Waals surface area contributed by atoms with Crippen LogP contribution >= 0.6 is 0 Å². The summed E-state index contributed by atoms with van der Waals surface area (Å²) in [5.41, 5.74) is 0.765. The van der Waals surface area contributed by atoms with Crippen molar-refractivity contribution in [2.45, 2.75) is 59.0 Å². The molecule has 140 valence electrons. The Morgan fingerprint density at radius 2 is 1.88 bits per heavy atom. The van der Waals surface area contributed by atoms with E-state index < -0.39 is 11.5 Å². The van der Waals surface area contributed by atoms with E-state index in [1.807, 2.05) is 51.1 Å². The number of aliphatic hydroxyl groups excluding tert-OH is 1. The van der Waals surface area contributed by atoms with Crippen molar-refractivity contribution in [3.8, 4) is 0 Å². The summed E-state index contributed by atoms with van der Waals surface area (Å²) in [5, 5.41) is 12.7. The number of aliphatic hydroxyl groups is 1. The maximum atomic E-state index is 11.9. The highest BCUT2D eigenvalue weighted by molar-refractivity contribution is 5.81. The second kappa shape index (κ2) is 10.9. The van der Waals surface area contributed by atoms with Gasteiger partial charge in [0, 0.05) is 13.0 Å². The minimum absolute atomic E-state index is 0.214. The number of carbonyl (C=O) groups excluding carboxylic acids is 2. The Bertz CT molecular complexity index is 528. The highest BCUT2D eigenvalue weighted by Crippen LogP contribution is 2.24. The van der Waals surface area contributed by atoms with E-state index in [4.69, 9.17) is 4.74 Å². The van der Waals surface area contributed by atoms with E-state index in [2.05, 4.69) is 5.32 Å². The molecule has 0 spiro atoms. The van der Waals surface area contributed by atoms with Gasteiger partial charge in [-0.15, -0.1) is 0 Å². The number of nitrogens with one attached hydrogen (secondary N) is 1. The van der Waals surface area contributed by atoms with Crippen LogP contribution in [0, 0.1) is 5.41 Å². The van der Waals surface area contributed by atoms with Crippen molar-refractivity contribution >= 4 is 11.9 Å². The van der Waals surface area contributed by atoms with Gasteiger partial charge >= 0.3 is 5.97 Å². The SMILES string of the molecule is CCC(C)(C)[C@@H](O)C(=O)NCCCOC(=O)CCCc1ccccc1. The highest BCUT2D eigenvalue weighted by atomic mass is 16.5. The highest BCUT2D eigenvalue weighted by Gasteiger charge is 2.31. The molecule has 0 unspecified atom stereocenters. The lowest BCUT2D eigenvalue weighted by Crippen LogP contribution is -2.44. The van der Waals surface area contributed by atoms with Crippen LogP contribution in [0.4, 0.5) is 0 Å². The van der Waals surface area contributed by atoms with Gasteiger partial charge in [0.2, 0.25) is 5.91 Å². The molecule has 1 aromatic carbocycles. The summed E-state index contributed by atoms with van der Waals surface area (Å²) in [6, 6.07) is 10.0. The lowest BCUT2D eigenvalue weighted by atomic mass is 9.83. The molecule has 0 aromatic heterocycles. The maximum Gasteiger partial charge on any atom is 0.305 e. The minimum atomic E-state index is -1.03. The Labute approximate surface area is 150 Å². The third-order valence-electron chi connectivity index (χ3n) is 4.47. The first-order valence-electron chi connectivity index (χ1n) is 9.02. The molecule has 1 amide bonds. The Morgan fingerprint density at radius 3 is 2.52 bits per heavy atom. The van der Waals surface area contributed by atoms with Crippen LogP contribution in [-0.2, 0) is 20.7 Å². The van der Waals surface area contributed by atoms with E-state index in [1.54, 1.807) is 0 Å². The predicted octanol–water partition coefficient (Wildman–Crippen LogP) is 2.86. The monoisotopic (exact) mass is 349 g/mol. The summed E-state index contributed by atoms with van der Waals surface area (Å²) in [5.74, 6) is -0.588. The molecule has 0 radical (unpaired) electrons. The lowest BCUT2D eigenvalue weighted by molar-refractivity contribution is -0.143. The summed E-state index contributed by atoms with van der Waals surface area (Å²) in [6.07, 6.45) is 2.23. The summed E-state index contributed by atoms with van der Waals surface area (Å²) < 4.78 is 5.16. The molecule has 0 fully saturated rings. The molecule has 0 aliphatic carbocycles. The third-order valence-corrected chi connectivity index (χ3v) is 4.47. The zero-order chi connectivity index (χ0) is 18.7. The largest absolute Gasteiger partial charge is 0.466 e. The van der Waals surface area contributed by atoms with Gasteiger partial charge in [0.15, 0.2) is 0 Å². The molecule has 2 N–H and O–H groups in total. The third kappa shape index (κ3) is 8.16. The van der Waals surface area contributed by atoms with Gasteiger partial charge in [-0.05, 0) is 36.7 Å². The van der Waals surface area contributed by atoms with Crippen LogP contribution in [0.15, 0.2) is 30.3 Å². The molecule has 0 saturated carbocycles. The summed E-state index contributed by atoms with van der Waals surface area (Å²) in [7, 11) is 0. The van der Waals surface area contributed by atoms with Gasteiger partial charge in [-0.3, -0.25) is 9.59 Å². The van der Waals surface area contributed by atoms with Gasteiger partial charge in [-0.1, -0.05) is 51.1 Å². The summed E-state index contributed by atoms with van der Waals surface area (Å²) >= 11 is 0. The Morgan fingerprint density at radius 1 is 1.20 bits per heavy atom. The molecule has 0 aliphatic rings. The lowest BCUT2D eigenvalue weighted by Gasteiger charge is -2.28. The van der Waals surface area contributed by atoms with E-state index in [-0.39, 0.29) is 18.5 Å². The Balaban J connectivity index is 2.09. The number of aryl methyl sites for hydroxylation is 1. The molecule has 25 heavy (non-hydrogen) atoms. The molecular weight excluding hydrogens is 318 g/mol. The zero-order valence-corrected chi connectivity index (χ0v) is 15.6. The number of hydrogen-bond acceptors (Lipinski definition) is 4. The average molecular weight is 349 g/mol. The van der Waals surface area contributed by atoms with Crippen LogP contribution in [-0.4, -0.2) is 36.2 Å². The summed E-state index contributed by atoms with van der Waals surface area (Å²) in [6.45, 7) is 6.31. The van der Waals surface area contributed by atoms with Gasteiger partial charge in [0.05, 0.1) is 6.61 Å². The van der Waals surface area contributed by atoms with Crippen LogP contribution in [0.3, 0.4) is 0 Å². The van der Waals surface area contributed by atoms with Gasteiger partial charge < -0.3 is 15.2 Å². The van der Waals surface area contributed by atoms with Gasteiger partial charge in [0.25, 0.3) is 0 Å². The second-order valence-electron chi connectivity index (χ2n) is 6.95. The van der Waals surface area contributed by atoms with Crippen LogP contribution in [0.25, 0.3) is 0 Å². The maximum absolute atomic E-state index is 11.9. The molecule has 1 rings (SSSR count). The molecule has 0 heterocycles. The molecule has 5 nitrogen and oxygen atoms in total. The number of hydrogen-bond donors (Lipinski definition) is 2. The fourth-order valence-electron chi connectivity index (χ4n) is 2.27. The number of carbonyl (C=O) groups is 2.